The van der Waals surface area contributed by atoms with Gasteiger partial charge in [-0.25, -0.2) is 9.97 Å². The fourth-order valence-electron chi connectivity index (χ4n) is 3.20. The Morgan fingerprint density at radius 3 is 2.61 bits per heavy atom. The fourth-order valence-corrected chi connectivity index (χ4v) is 3.90. The maximum Gasteiger partial charge on any atom is 0.325 e. The molecule has 0 aliphatic carbocycles. The minimum Gasteiger partial charge on any atom is -0.356 e. The third-order valence-electron chi connectivity index (χ3n) is 4.44. The van der Waals surface area contributed by atoms with Gasteiger partial charge < -0.3 is 14.7 Å². The molecule has 23 heavy (non-hydrogen) atoms. The van der Waals surface area contributed by atoms with E-state index in [1.807, 2.05) is 31.2 Å². The van der Waals surface area contributed by atoms with Gasteiger partial charge in [0.2, 0.25) is 0 Å². The normalized spacial score (nSPS) is 16.9. The molecule has 1 aliphatic heterocycles. The van der Waals surface area contributed by atoms with Gasteiger partial charge in [0.1, 0.15) is 11.6 Å². The summed E-state index contributed by atoms with van der Waals surface area (Å²) in [7, 11) is -3.88. The first-order valence-electron chi connectivity index (χ1n) is 7.95. The summed E-state index contributed by atoms with van der Waals surface area (Å²) in [6.45, 7) is 3.64. The zero-order valence-corrected chi connectivity index (χ0v) is 14.1. The van der Waals surface area contributed by atoms with Crippen molar-refractivity contribution in [2.24, 2.45) is 5.92 Å². The topological polar surface area (TPSA) is 86.6 Å². The Morgan fingerprint density at radius 1 is 1.22 bits per heavy atom. The van der Waals surface area contributed by atoms with Gasteiger partial charge in [0, 0.05) is 18.5 Å². The molecule has 6 nitrogen and oxygen atoms in total. The summed E-state index contributed by atoms with van der Waals surface area (Å²) in [5, 5.41) is 1.06. The molecular weight excluding hydrogens is 313 g/mol. The Morgan fingerprint density at radius 2 is 1.91 bits per heavy atom. The third-order valence-corrected chi connectivity index (χ3v) is 5.28. The van der Waals surface area contributed by atoms with Gasteiger partial charge in [0.15, 0.2) is 0 Å². The molecule has 2 aromatic rings. The van der Waals surface area contributed by atoms with Crippen molar-refractivity contribution in [2.45, 2.75) is 26.2 Å². The van der Waals surface area contributed by atoms with Gasteiger partial charge >= 0.3 is 7.60 Å². The Bertz CT molecular complexity index is 738. The monoisotopic (exact) mass is 335 g/mol. The summed E-state index contributed by atoms with van der Waals surface area (Å²) < 4.78 is 11.0. The van der Waals surface area contributed by atoms with Crippen LogP contribution >= 0.6 is 7.60 Å². The van der Waals surface area contributed by atoms with Crippen molar-refractivity contribution >= 4 is 24.3 Å². The van der Waals surface area contributed by atoms with E-state index < -0.39 is 7.60 Å². The number of anilines is 1. The van der Waals surface area contributed by atoms with Gasteiger partial charge in [-0.1, -0.05) is 12.1 Å². The molecule has 2 heterocycles. The van der Waals surface area contributed by atoms with Crippen LogP contribution in [0.25, 0.3) is 10.9 Å². The molecule has 0 bridgehead atoms. The van der Waals surface area contributed by atoms with Crippen molar-refractivity contribution in [1.29, 1.82) is 0 Å². The fraction of sp³-hybridized carbons (Fsp3) is 0.500. The second kappa shape index (κ2) is 6.56. The Kier molecular flexibility index (Phi) is 4.67. The molecule has 1 aromatic heterocycles. The van der Waals surface area contributed by atoms with E-state index in [-0.39, 0.29) is 6.16 Å². The second-order valence-corrected chi connectivity index (χ2v) is 8.00. The number of hydrogen-bond acceptors (Lipinski definition) is 4. The number of fused-ring (bicyclic) bond motifs is 1. The molecule has 0 unspecified atom stereocenters. The lowest BCUT2D eigenvalue weighted by atomic mass is 9.94. The lowest BCUT2D eigenvalue weighted by Gasteiger charge is -2.33. The van der Waals surface area contributed by atoms with Crippen molar-refractivity contribution < 1.29 is 14.4 Å². The predicted octanol–water partition coefficient (Wildman–Crippen LogP) is 2.72. The molecule has 1 fully saturated rings. The minimum atomic E-state index is -3.88. The summed E-state index contributed by atoms with van der Waals surface area (Å²) >= 11 is 0. The van der Waals surface area contributed by atoms with Crippen LogP contribution in [0.1, 0.15) is 25.1 Å². The number of para-hydroxylation sites is 1. The molecule has 0 amide bonds. The van der Waals surface area contributed by atoms with Crippen LogP contribution in [-0.4, -0.2) is 39.0 Å². The van der Waals surface area contributed by atoms with Crippen molar-refractivity contribution in [3.63, 3.8) is 0 Å². The molecule has 7 heteroatoms. The average molecular weight is 335 g/mol. The van der Waals surface area contributed by atoms with Gasteiger partial charge in [0.25, 0.3) is 0 Å². The highest BCUT2D eigenvalue weighted by molar-refractivity contribution is 7.51. The van der Waals surface area contributed by atoms with Crippen molar-refractivity contribution in [2.75, 3.05) is 24.2 Å². The highest BCUT2D eigenvalue weighted by Gasteiger charge is 2.24. The van der Waals surface area contributed by atoms with E-state index in [1.165, 1.54) is 0 Å². The standard InChI is InChI=1S/C16H22N3O3P/c1-12-17-15-5-3-2-4-14(15)16(18-12)19-9-6-13(7-10-19)8-11-23(20,21)22/h2-5,13H,6-11H2,1H3,(H2,20,21,22). The van der Waals surface area contributed by atoms with Crippen LogP contribution < -0.4 is 4.90 Å². The second-order valence-electron chi connectivity index (χ2n) is 6.22. The zero-order valence-electron chi connectivity index (χ0n) is 13.2. The molecule has 1 aliphatic rings. The highest BCUT2D eigenvalue weighted by atomic mass is 31.2. The van der Waals surface area contributed by atoms with E-state index in [4.69, 9.17) is 9.79 Å². The van der Waals surface area contributed by atoms with Crippen molar-refractivity contribution in [1.82, 2.24) is 9.97 Å². The maximum atomic E-state index is 11.0. The summed E-state index contributed by atoms with van der Waals surface area (Å²) in [6.07, 6.45) is 2.48. The number of aromatic nitrogens is 2. The smallest absolute Gasteiger partial charge is 0.325 e. The number of hydrogen-bond donors (Lipinski definition) is 2. The molecule has 0 radical (unpaired) electrons. The summed E-state index contributed by atoms with van der Waals surface area (Å²) in [4.78, 5) is 29.4. The van der Waals surface area contributed by atoms with Crippen LogP contribution in [0.2, 0.25) is 0 Å². The first-order chi connectivity index (χ1) is 10.9. The van der Waals surface area contributed by atoms with E-state index >= 15 is 0 Å². The van der Waals surface area contributed by atoms with Crippen LogP contribution in [0.4, 0.5) is 5.82 Å². The van der Waals surface area contributed by atoms with E-state index in [9.17, 15) is 4.57 Å². The van der Waals surface area contributed by atoms with Gasteiger partial charge in [-0.2, -0.15) is 0 Å². The highest BCUT2D eigenvalue weighted by Crippen LogP contribution is 2.38. The zero-order chi connectivity index (χ0) is 16.4. The van der Waals surface area contributed by atoms with Gasteiger partial charge in [0.05, 0.1) is 11.7 Å². The molecule has 2 N–H and O–H groups in total. The van der Waals surface area contributed by atoms with Crippen LogP contribution in [0.15, 0.2) is 24.3 Å². The van der Waals surface area contributed by atoms with Crippen LogP contribution in [-0.2, 0) is 4.57 Å². The van der Waals surface area contributed by atoms with E-state index in [1.54, 1.807) is 0 Å². The van der Waals surface area contributed by atoms with E-state index in [0.29, 0.717) is 12.3 Å². The van der Waals surface area contributed by atoms with Crippen LogP contribution in [0.3, 0.4) is 0 Å². The first kappa shape index (κ1) is 16.4. The molecule has 124 valence electrons. The minimum absolute atomic E-state index is 0.00673. The van der Waals surface area contributed by atoms with Crippen LogP contribution in [0.5, 0.6) is 0 Å². The molecule has 1 saturated heterocycles. The SMILES string of the molecule is Cc1nc(N2CCC(CCP(=O)(O)O)CC2)c2ccccc2n1. The van der Waals surface area contributed by atoms with E-state index in [0.717, 1.165) is 48.5 Å². The maximum absolute atomic E-state index is 11.0. The molecule has 0 spiro atoms. The molecule has 0 saturated carbocycles. The molecule has 0 atom stereocenters. The third kappa shape index (κ3) is 4.08. The Labute approximate surface area is 135 Å². The van der Waals surface area contributed by atoms with Gasteiger partial charge in [-0.05, 0) is 44.2 Å². The number of aryl methyl sites for hydroxylation is 1. The summed E-state index contributed by atoms with van der Waals surface area (Å²) in [5.41, 5.74) is 0.957. The predicted molar refractivity (Wildman–Crippen MR) is 90.7 cm³/mol. The van der Waals surface area contributed by atoms with Gasteiger partial charge in [-0.3, -0.25) is 4.57 Å². The molecule has 3 rings (SSSR count). The van der Waals surface area contributed by atoms with Gasteiger partial charge in [-0.15, -0.1) is 0 Å². The molecular formula is C16H22N3O3P. The molecule has 1 aromatic carbocycles. The number of benzene rings is 1. The largest absolute Gasteiger partial charge is 0.356 e. The lowest BCUT2D eigenvalue weighted by molar-refractivity contribution is 0.350. The summed E-state index contributed by atoms with van der Waals surface area (Å²) in [6, 6.07) is 8.02. The van der Waals surface area contributed by atoms with Crippen molar-refractivity contribution in [3.8, 4) is 0 Å². The Balaban J connectivity index is 1.72. The van der Waals surface area contributed by atoms with Crippen LogP contribution in [0, 0.1) is 12.8 Å². The number of rotatable bonds is 4. The van der Waals surface area contributed by atoms with Crippen molar-refractivity contribution in [3.05, 3.63) is 30.1 Å². The quantitative estimate of drug-likeness (QED) is 0.836. The number of piperidine rings is 1. The summed E-state index contributed by atoms with van der Waals surface area (Å²) in [5.74, 6) is 2.12. The Hall–Kier alpha value is -1.49. The lowest BCUT2D eigenvalue weighted by Crippen LogP contribution is -2.34. The number of nitrogens with zero attached hydrogens (tertiary/aromatic N) is 3. The average Bonchev–Trinajstić information content (AvgIpc) is 2.52. The first-order valence-corrected chi connectivity index (χ1v) is 9.75. The van der Waals surface area contributed by atoms with E-state index in [2.05, 4.69) is 14.9 Å².